The number of nitrogens with two attached hydrogens (primary N) is 1. The molecule has 22 heavy (non-hydrogen) atoms. The molecule has 3 rings (SSSR count). The van der Waals surface area contributed by atoms with Gasteiger partial charge in [-0.25, -0.2) is 4.68 Å². The standard InChI is InChI=1S/C17H11N5/c18-10-12-6-8-13(9-7-12)16-15(11-19)17(20)22(21-16)14-4-2-1-3-5-14/h1-9H,20H2. The maximum Gasteiger partial charge on any atom is 0.145 e. The maximum atomic E-state index is 9.39. The molecule has 1 aromatic heterocycles. The molecule has 5 heteroatoms. The van der Waals surface area contributed by atoms with E-state index in [9.17, 15) is 5.26 Å². The van der Waals surface area contributed by atoms with Crippen LogP contribution >= 0.6 is 0 Å². The number of anilines is 1. The van der Waals surface area contributed by atoms with Crippen LogP contribution in [0.25, 0.3) is 16.9 Å². The lowest BCUT2D eigenvalue weighted by Crippen LogP contribution is -2.01. The summed E-state index contributed by atoms with van der Waals surface area (Å²) in [4.78, 5) is 0. The highest BCUT2D eigenvalue weighted by Crippen LogP contribution is 2.28. The van der Waals surface area contributed by atoms with Crippen molar-refractivity contribution in [2.45, 2.75) is 0 Å². The zero-order valence-electron chi connectivity index (χ0n) is 11.6. The first-order chi connectivity index (χ1) is 10.7. The molecule has 0 saturated carbocycles. The summed E-state index contributed by atoms with van der Waals surface area (Å²) in [5.41, 5.74) is 8.99. The lowest BCUT2D eigenvalue weighted by atomic mass is 10.1. The van der Waals surface area contributed by atoms with Crippen molar-refractivity contribution in [3.63, 3.8) is 0 Å². The fraction of sp³-hybridized carbons (Fsp3) is 0. The van der Waals surface area contributed by atoms with Crippen LogP contribution in [0.2, 0.25) is 0 Å². The molecule has 2 N–H and O–H groups in total. The third-order valence-corrected chi connectivity index (χ3v) is 3.32. The van der Waals surface area contributed by atoms with Crippen LogP contribution in [0.1, 0.15) is 11.1 Å². The number of hydrogen-bond donors (Lipinski definition) is 1. The Morgan fingerprint density at radius 1 is 0.909 bits per heavy atom. The second kappa shape index (κ2) is 5.43. The van der Waals surface area contributed by atoms with E-state index in [0.717, 1.165) is 11.3 Å². The lowest BCUT2D eigenvalue weighted by Gasteiger charge is -2.02. The summed E-state index contributed by atoms with van der Waals surface area (Å²) in [7, 11) is 0. The maximum absolute atomic E-state index is 9.39. The van der Waals surface area contributed by atoms with Crippen LogP contribution in [0.15, 0.2) is 54.6 Å². The predicted molar refractivity (Wildman–Crippen MR) is 82.8 cm³/mol. The average Bonchev–Trinajstić information content (AvgIpc) is 2.92. The average molecular weight is 285 g/mol. The Hall–Kier alpha value is -3.57. The van der Waals surface area contributed by atoms with Gasteiger partial charge in [0.05, 0.1) is 17.3 Å². The topological polar surface area (TPSA) is 91.4 Å². The van der Waals surface area contributed by atoms with Crippen LogP contribution in [0.5, 0.6) is 0 Å². The lowest BCUT2D eigenvalue weighted by molar-refractivity contribution is 0.895. The van der Waals surface area contributed by atoms with Gasteiger partial charge < -0.3 is 5.73 Å². The normalized spacial score (nSPS) is 9.91. The quantitative estimate of drug-likeness (QED) is 0.783. The predicted octanol–water partition coefficient (Wildman–Crippen LogP) is 2.86. The summed E-state index contributed by atoms with van der Waals surface area (Å²) in [5.74, 6) is 0.299. The highest BCUT2D eigenvalue weighted by Gasteiger charge is 2.17. The summed E-state index contributed by atoms with van der Waals surface area (Å²) in [6.45, 7) is 0. The fourth-order valence-electron chi connectivity index (χ4n) is 2.21. The molecule has 0 spiro atoms. The van der Waals surface area contributed by atoms with Gasteiger partial charge in [0.15, 0.2) is 0 Å². The zero-order valence-corrected chi connectivity index (χ0v) is 11.6. The number of nitrogens with zero attached hydrogens (tertiary/aromatic N) is 4. The Labute approximate surface area is 127 Å². The number of nitriles is 2. The second-order valence-electron chi connectivity index (χ2n) is 4.66. The third kappa shape index (κ3) is 2.17. The van der Waals surface area contributed by atoms with Crippen LogP contribution in [-0.4, -0.2) is 9.78 Å². The van der Waals surface area contributed by atoms with E-state index < -0.39 is 0 Å². The van der Waals surface area contributed by atoms with Gasteiger partial charge in [-0.3, -0.25) is 0 Å². The summed E-state index contributed by atoms with van der Waals surface area (Å²) in [6.07, 6.45) is 0. The van der Waals surface area contributed by atoms with Crippen molar-refractivity contribution in [1.29, 1.82) is 10.5 Å². The summed E-state index contributed by atoms with van der Waals surface area (Å²) < 4.78 is 1.55. The van der Waals surface area contributed by atoms with Gasteiger partial charge in [-0.2, -0.15) is 15.6 Å². The van der Waals surface area contributed by atoms with Gasteiger partial charge >= 0.3 is 0 Å². The molecule has 0 radical (unpaired) electrons. The molecule has 0 saturated heterocycles. The van der Waals surface area contributed by atoms with Crippen molar-refractivity contribution in [2.75, 3.05) is 5.73 Å². The van der Waals surface area contributed by atoms with Crippen LogP contribution in [-0.2, 0) is 0 Å². The van der Waals surface area contributed by atoms with Gasteiger partial charge in [-0.1, -0.05) is 30.3 Å². The van der Waals surface area contributed by atoms with E-state index in [-0.39, 0.29) is 0 Å². The number of aromatic nitrogens is 2. The molecule has 0 aliphatic heterocycles. The Balaban J connectivity index is 2.17. The van der Waals surface area contributed by atoms with Gasteiger partial charge in [0.25, 0.3) is 0 Å². The van der Waals surface area contributed by atoms with Crippen LogP contribution in [0, 0.1) is 22.7 Å². The second-order valence-corrected chi connectivity index (χ2v) is 4.66. The minimum Gasteiger partial charge on any atom is -0.382 e. The fourth-order valence-corrected chi connectivity index (χ4v) is 2.21. The molecule has 0 bridgehead atoms. The first kappa shape index (κ1) is 13.4. The van der Waals surface area contributed by atoms with Crippen molar-refractivity contribution in [3.8, 4) is 29.1 Å². The number of rotatable bonds is 2. The van der Waals surface area contributed by atoms with Crippen LogP contribution in [0.4, 0.5) is 5.82 Å². The van der Waals surface area contributed by atoms with E-state index >= 15 is 0 Å². The highest BCUT2D eigenvalue weighted by atomic mass is 15.3. The first-order valence-electron chi connectivity index (χ1n) is 6.59. The van der Waals surface area contributed by atoms with Crippen molar-refractivity contribution in [2.24, 2.45) is 0 Å². The largest absolute Gasteiger partial charge is 0.382 e. The van der Waals surface area contributed by atoms with Crippen LogP contribution < -0.4 is 5.73 Å². The van der Waals surface area contributed by atoms with E-state index in [1.807, 2.05) is 30.3 Å². The van der Waals surface area contributed by atoms with E-state index in [0.29, 0.717) is 22.6 Å². The van der Waals surface area contributed by atoms with Gasteiger partial charge in [0.2, 0.25) is 0 Å². The zero-order chi connectivity index (χ0) is 15.5. The first-order valence-corrected chi connectivity index (χ1v) is 6.59. The van der Waals surface area contributed by atoms with Crippen LogP contribution in [0.3, 0.4) is 0 Å². The van der Waals surface area contributed by atoms with Gasteiger partial charge in [0.1, 0.15) is 23.1 Å². The Morgan fingerprint density at radius 3 is 2.18 bits per heavy atom. The number of para-hydroxylation sites is 1. The summed E-state index contributed by atoms with van der Waals surface area (Å²) in [6, 6.07) is 20.5. The molecule has 1 heterocycles. The van der Waals surface area contributed by atoms with E-state index in [1.165, 1.54) is 0 Å². The molecular formula is C17H11N5. The molecule has 0 amide bonds. The Morgan fingerprint density at radius 2 is 1.59 bits per heavy atom. The molecule has 3 aromatic rings. The molecule has 0 unspecified atom stereocenters. The number of hydrogen-bond acceptors (Lipinski definition) is 4. The molecule has 0 aliphatic carbocycles. The molecule has 0 aliphatic rings. The molecule has 0 fully saturated rings. The highest BCUT2D eigenvalue weighted by molar-refractivity contribution is 5.74. The molecular weight excluding hydrogens is 274 g/mol. The molecule has 2 aromatic carbocycles. The van der Waals surface area contributed by atoms with Gasteiger partial charge in [-0.05, 0) is 24.3 Å². The van der Waals surface area contributed by atoms with Gasteiger partial charge in [-0.15, -0.1) is 0 Å². The Kier molecular flexibility index (Phi) is 3.31. The monoisotopic (exact) mass is 285 g/mol. The SMILES string of the molecule is N#Cc1ccc(-c2nn(-c3ccccc3)c(N)c2C#N)cc1. The van der Waals surface area contributed by atoms with E-state index in [1.54, 1.807) is 28.9 Å². The van der Waals surface area contributed by atoms with Crippen molar-refractivity contribution < 1.29 is 0 Å². The number of nitrogen functional groups attached to an aromatic ring is 1. The van der Waals surface area contributed by atoms with Gasteiger partial charge in [0, 0.05) is 5.56 Å². The van der Waals surface area contributed by atoms with Crippen molar-refractivity contribution in [3.05, 3.63) is 65.7 Å². The summed E-state index contributed by atoms with van der Waals surface area (Å²) >= 11 is 0. The Bertz CT molecular complexity index is 893. The van der Waals surface area contributed by atoms with E-state index in [2.05, 4.69) is 17.2 Å². The summed E-state index contributed by atoms with van der Waals surface area (Å²) in [5, 5.41) is 22.7. The van der Waals surface area contributed by atoms with E-state index in [4.69, 9.17) is 11.0 Å². The number of benzene rings is 2. The smallest absolute Gasteiger partial charge is 0.145 e. The minimum atomic E-state index is 0.299. The van der Waals surface area contributed by atoms with Crippen molar-refractivity contribution in [1.82, 2.24) is 9.78 Å². The minimum absolute atomic E-state index is 0.299. The van der Waals surface area contributed by atoms with Crippen molar-refractivity contribution >= 4 is 5.82 Å². The molecule has 0 atom stereocenters. The molecule has 104 valence electrons. The third-order valence-electron chi connectivity index (χ3n) is 3.32. The molecule has 5 nitrogen and oxygen atoms in total.